The first-order valence-corrected chi connectivity index (χ1v) is 8.53. The number of rotatable bonds is 6. The normalized spacial score (nSPS) is 16.4. The van der Waals surface area contributed by atoms with Crippen LogP contribution in [0.4, 0.5) is 4.39 Å². The van der Waals surface area contributed by atoms with E-state index in [0.717, 1.165) is 5.75 Å². The number of Topliss-reactive ketones (excluding diaryl/α,β-unsaturated/α-hetero) is 1. The van der Waals surface area contributed by atoms with Crippen LogP contribution in [0.3, 0.4) is 0 Å². The summed E-state index contributed by atoms with van der Waals surface area (Å²) in [5.41, 5.74) is 1.25. The van der Waals surface area contributed by atoms with Gasteiger partial charge in [0.2, 0.25) is 0 Å². The van der Waals surface area contributed by atoms with Gasteiger partial charge in [-0.05, 0) is 48.9 Å². The summed E-state index contributed by atoms with van der Waals surface area (Å²) in [5.74, 6) is 0.346. The van der Waals surface area contributed by atoms with Crippen molar-refractivity contribution in [1.82, 2.24) is 4.90 Å². The average molecular weight is 343 g/mol. The summed E-state index contributed by atoms with van der Waals surface area (Å²) >= 11 is 0. The van der Waals surface area contributed by atoms with Crippen molar-refractivity contribution < 1.29 is 18.7 Å². The molecule has 0 radical (unpaired) electrons. The largest absolute Gasteiger partial charge is 0.494 e. The van der Waals surface area contributed by atoms with Gasteiger partial charge in [-0.15, -0.1) is 0 Å². The molecule has 0 N–H and O–H groups in total. The highest BCUT2D eigenvalue weighted by molar-refractivity contribution is 6.00. The van der Waals surface area contributed by atoms with E-state index < -0.39 is 6.04 Å². The van der Waals surface area contributed by atoms with Gasteiger partial charge in [-0.3, -0.25) is 9.69 Å². The van der Waals surface area contributed by atoms with E-state index in [0.29, 0.717) is 44.0 Å². The molecule has 1 saturated heterocycles. The third-order valence-electron chi connectivity index (χ3n) is 4.27. The maximum absolute atomic E-state index is 13.7. The smallest absolute Gasteiger partial charge is 0.184 e. The molecule has 25 heavy (non-hydrogen) atoms. The molecule has 132 valence electrons. The highest BCUT2D eigenvalue weighted by atomic mass is 19.1. The number of nitrogens with zero attached hydrogens (tertiary/aromatic N) is 1. The molecule has 4 nitrogen and oxygen atoms in total. The molecule has 1 atom stereocenters. The molecular weight excluding hydrogens is 321 g/mol. The maximum Gasteiger partial charge on any atom is 0.184 e. The van der Waals surface area contributed by atoms with Crippen LogP contribution in [-0.2, 0) is 4.74 Å². The van der Waals surface area contributed by atoms with Gasteiger partial charge in [-0.1, -0.05) is 12.1 Å². The number of hydrogen-bond donors (Lipinski definition) is 0. The summed E-state index contributed by atoms with van der Waals surface area (Å²) in [6, 6.07) is 12.9. The molecule has 0 aliphatic carbocycles. The Morgan fingerprint density at radius 1 is 1.20 bits per heavy atom. The molecule has 0 aromatic heterocycles. The molecule has 1 aliphatic rings. The second-order valence-electron chi connectivity index (χ2n) is 5.93. The van der Waals surface area contributed by atoms with Gasteiger partial charge in [0, 0.05) is 18.7 Å². The molecule has 0 spiro atoms. The Bertz CT molecular complexity index is 711. The number of carbonyl (C=O) groups is 1. The second-order valence-corrected chi connectivity index (χ2v) is 5.93. The van der Waals surface area contributed by atoms with Gasteiger partial charge in [0.05, 0.1) is 25.9 Å². The molecule has 1 heterocycles. The fourth-order valence-corrected chi connectivity index (χ4v) is 3.08. The van der Waals surface area contributed by atoms with Crippen molar-refractivity contribution in [1.29, 1.82) is 0 Å². The first kappa shape index (κ1) is 17.6. The van der Waals surface area contributed by atoms with Crippen LogP contribution < -0.4 is 4.74 Å². The van der Waals surface area contributed by atoms with Crippen molar-refractivity contribution in [3.8, 4) is 5.75 Å². The Morgan fingerprint density at radius 2 is 1.92 bits per heavy atom. The Balaban J connectivity index is 1.91. The number of carbonyl (C=O) groups excluding carboxylic acids is 1. The molecule has 1 aliphatic heterocycles. The average Bonchev–Trinajstić information content (AvgIpc) is 2.64. The zero-order valence-corrected chi connectivity index (χ0v) is 14.3. The molecule has 3 rings (SSSR count). The van der Waals surface area contributed by atoms with Crippen LogP contribution in [0.5, 0.6) is 5.75 Å². The predicted molar refractivity (Wildman–Crippen MR) is 93.5 cm³/mol. The van der Waals surface area contributed by atoms with E-state index in [2.05, 4.69) is 4.90 Å². The van der Waals surface area contributed by atoms with Gasteiger partial charge < -0.3 is 9.47 Å². The minimum atomic E-state index is -0.516. The number of ether oxygens (including phenoxy) is 2. The SMILES string of the molecule is CCOc1ccc(C(=O)C(c2cccc(F)c2)N2CCOCC2)cc1. The van der Waals surface area contributed by atoms with Crippen molar-refractivity contribution in [2.75, 3.05) is 32.9 Å². The van der Waals surface area contributed by atoms with Crippen molar-refractivity contribution in [3.63, 3.8) is 0 Å². The highest BCUT2D eigenvalue weighted by Gasteiger charge is 2.30. The van der Waals surface area contributed by atoms with E-state index in [9.17, 15) is 9.18 Å². The summed E-state index contributed by atoms with van der Waals surface area (Å²) < 4.78 is 24.6. The lowest BCUT2D eigenvalue weighted by molar-refractivity contribution is 0.0172. The van der Waals surface area contributed by atoms with Crippen molar-refractivity contribution in [2.24, 2.45) is 0 Å². The molecular formula is C20H22FNO3. The molecule has 2 aromatic rings. The van der Waals surface area contributed by atoms with Crippen LogP contribution in [0.1, 0.15) is 28.9 Å². The lowest BCUT2D eigenvalue weighted by Gasteiger charge is -2.34. The third-order valence-corrected chi connectivity index (χ3v) is 4.27. The van der Waals surface area contributed by atoms with Gasteiger partial charge >= 0.3 is 0 Å². The Hall–Kier alpha value is -2.24. The number of halogens is 1. The first-order chi connectivity index (χ1) is 12.2. The Kier molecular flexibility index (Phi) is 5.79. The maximum atomic E-state index is 13.7. The van der Waals surface area contributed by atoms with Crippen LogP contribution in [-0.4, -0.2) is 43.6 Å². The van der Waals surface area contributed by atoms with Crippen LogP contribution in [0, 0.1) is 5.82 Å². The lowest BCUT2D eigenvalue weighted by Crippen LogP contribution is -2.42. The highest BCUT2D eigenvalue weighted by Crippen LogP contribution is 2.27. The van der Waals surface area contributed by atoms with Gasteiger partial charge in [0.15, 0.2) is 5.78 Å². The van der Waals surface area contributed by atoms with Gasteiger partial charge in [0.25, 0.3) is 0 Å². The summed E-state index contributed by atoms with van der Waals surface area (Å²) in [5, 5.41) is 0. The van der Waals surface area contributed by atoms with Gasteiger partial charge in [0.1, 0.15) is 11.6 Å². The Labute approximate surface area is 147 Å². The van der Waals surface area contributed by atoms with Gasteiger partial charge in [-0.25, -0.2) is 4.39 Å². The van der Waals surface area contributed by atoms with Crippen molar-refractivity contribution >= 4 is 5.78 Å². The third kappa shape index (κ3) is 4.24. The molecule has 1 unspecified atom stereocenters. The van der Waals surface area contributed by atoms with Gasteiger partial charge in [-0.2, -0.15) is 0 Å². The van der Waals surface area contributed by atoms with E-state index in [4.69, 9.17) is 9.47 Å². The molecule has 0 saturated carbocycles. The number of ketones is 1. The van der Waals surface area contributed by atoms with Crippen LogP contribution in [0.2, 0.25) is 0 Å². The van der Waals surface area contributed by atoms with Crippen LogP contribution in [0.25, 0.3) is 0 Å². The lowest BCUT2D eigenvalue weighted by atomic mass is 9.95. The first-order valence-electron chi connectivity index (χ1n) is 8.53. The minimum absolute atomic E-state index is 0.0458. The Morgan fingerprint density at radius 3 is 2.56 bits per heavy atom. The summed E-state index contributed by atoms with van der Waals surface area (Å²) in [6.45, 7) is 4.92. The molecule has 1 fully saturated rings. The zero-order valence-electron chi connectivity index (χ0n) is 14.3. The van der Waals surface area contributed by atoms with Crippen molar-refractivity contribution in [3.05, 3.63) is 65.5 Å². The van der Waals surface area contributed by atoms with Crippen LogP contribution >= 0.6 is 0 Å². The summed E-state index contributed by atoms with van der Waals surface area (Å²) in [4.78, 5) is 15.2. The quantitative estimate of drug-likeness (QED) is 0.753. The molecule has 5 heteroatoms. The molecule has 2 aromatic carbocycles. The number of hydrogen-bond acceptors (Lipinski definition) is 4. The van der Waals surface area contributed by atoms with E-state index in [1.165, 1.54) is 12.1 Å². The fourth-order valence-electron chi connectivity index (χ4n) is 3.08. The zero-order chi connectivity index (χ0) is 17.6. The summed E-state index contributed by atoms with van der Waals surface area (Å²) in [6.07, 6.45) is 0. The van der Waals surface area contributed by atoms with Crippen LogP contribution in [0.15, 0.2) is 48.5 Å². The second kappa shape index (κ2) is 8.23. The van der Waals surface area contributed by atoms with E-state index in [-0.39, 0.29) is 11.6 Å². The fraction of sp³-hybridized carbons (Fsp3) is 0.350. The van der Waals surface area contributed by atoms with Crippen molar-refractivity contribution in [2.45, 2.75) is 13.0 Å². The predicted octanol–water partition coefficient (Wildman–Crippen LogP) is 3.48. The number of morpholine rings is 1. The molecule has 0 amide bonds. The topological polar surface area (TPSA) is 38.8 Å². The molecule has 0 bridgehead atoms. The standard InChI is InChI=1S/C20H22FNO3/c1-2-25-18-8-6-15(7-9-18)20(23)19(22-10-12-24-13-11-22)16-4-3-5-17(21)14-16/h3-9,14,19H,2,10-13H2,1H3. The monoisotopic (exact) mass is 343 g/mol. The summed E-state index contributed by atoms with van der Waals surface area (Å²) in [7, 11) is 0. The van der Waals surface area contributed by atoms with E-state index in [1.54, 1.807) is 36.4 Å². The van der Waals surface area contributed by atoms with E-state index >= 15 is 0 Å². The van der Waals surface area contributed by atoms with E-state index in [1.807, 2.05) is 6.92 Å². The number of benzene rings is 2. The minimum Gasteiger partial charge on any atom is -0.494 e.